The Morgan fingerprint density at radius 1 is 1.14 bits per heavy atom. The van der Waals surface area contributed by atoms with Crippen LogP contribution in [0.5, 0.6) is 5.75 Å². The van der Waals surface area contributed by atoms with Crippen molar-refractivity contribution < 1.29 is 9.53 Å². The molecule has 110 valence electrons. The summed E-state index contributed by atoms with van der Waals surface area (Å²) >= 11 is 1.48. The van der Waals surface area contributed by atoms with Gasteiger partial charge in [-0.3, -0.25) is 4.79 Å². The van der Waals surface area contributed by atoms with Gasteiger partial charge in [0.25, 0.3) is 0 Å². The van der Waals surface area contributed by atoms with E-state index in [1.54, 1.807) is 7.11 Å². The maximum atomic E-state index is 12.0. The van der Waals surface area contributed by atoms with Gasteiger partial charge < -0.3 is 10.1 Å². The molecule has 0 aliphatic rings. The highest BCUT2D eigenvalue weighted by molar-refractivity contribution is 8.00. The molecule has 1 N–H and O–H groups in total. The summed E-state index contributed by atoms with van der Waals surface area (Å²) < 4.78 is 5.28. The van der Waals surface area contributed by atoms with Crippen LogP contribution in [0.1, 0.15) is 18.5 Å². The predicted molar refractivity (Wildman–Crippen MR) is 86.7 cm³/mol. The fourth-order valence-corrected chi connectivity index (χ4v) is 2.83. The van der Waals surface area contributed by atoms with Gasteiger partial charge in [-0.2, -0.15) is 0 Å². The van der Waals surface area contributed by atoms with Gasteiger partial charge in [-0.25, -0.2) is 0 Å². The second kappa shape index (κ2) is 7.74. The Kier molecular flexibility index (Phi) is 5.69. The van der Waals surface area contributed by atoms with E-state index in [0.717, 1.165) is 16.2 Å². The van der Waals surface area contributed by atoms with Gasteiger partial charge in [0.05, 0.1) is 18.9 Å². The molecule has 1 atom stereocenters. The molecule has 0 saturated heterocycles. The topological polar surface area (TPSA) is 38.3 Å². The van der Waals surface area contributed by atoms with Gasteiger partial charge in [0.1, 0.15) is 5.75 Å². The molecule has 1 unspecified atom stereocenters. The maximum Gasteiger partial charge on any atom is 0.230 e. The summed E-state index contributed by atoms with van der Waals surface area (Å²) in [6.45, 7) is 1.99. The van der Waals surface area contributed by atoms with Crippen molar-refractivity contribution in [2.24, 2.45) is 0 Å². The van der Waals surface area contributed by atoms with E-state index in [4.69, 9.17) is 4.74 Å². The van der Waals surface area contributed by atoms with E-state index in [1.807, 2.05) is 61.5 Å². The average Bonchev–Trinajstić information content (AvgIpc) is 2.54. The highest BCUT2D eigenvalue weighted by atomic mass is 32.2. The summed E-state index contributed by atoms with van der Waals surface area (Å²) in [6.07, 6.45) is 0. The number of benzene rings is 2. The van der Waals surface area contributed by atoms with Crippen LogP contribution < -0.4 is 10.1 Å². The largest absolute Gasteiger partial charge is 0.496 e. The summed E-state index contributed by atoms with van der Waals surface area (Å²) in [5.74, 6) is 1.19. The van der Waals surface area contributed by atoms with Crippen LogP contribution >= 0.6 is 11.8 Å². The third-order valence-corrected chi connectivity index (χ3v) is 4.16. The lowest BCUT2D eigenvalue weighted by Crippen LogP contribution is -2.28. The number of hydrogen-bond donors (Lipinski definition) is 1. The average molecular weight is 301 g/mol. The first-order chi connectivity index (χ1) is 10.2. The van der Waals surface area contributed by atoms with Crippen LogP contribution in [0.3, 0.4) is 0 Å². The SMILES string of the molecule is COc1ccccc1SCC(=O)NC(C)c1ccccc1. The van der Waals surface area contributed by atoms with Crippen molar-refractivity contribution in [3.05, 3.63) is 60.2 Å². The number of ether oxygens (including phenoxy) is 1. The molecule has 0 saturated carbocycles. The Hall–Kier alpha value is -1.94. The smallest absolute Gasteiger partial charge is 0.230 e. The highest BCUT2D eigenvalue weighted by Crippen LogP contribution is 2.28. The number of rotatable bonds is 6. The summed E-state index contributed by atoms with van der Waals surface area (Å²) in [7, 11) is 1.64. The number of carbonyl (C=O) groups is 1. The van der Waals surface area contributed by atoms with Crippen molar-refractivity contribution in [2.45, 2.75) is 17.9 Å². The standard InChI is InChI=1S/C17H19NO2S/c1-13(14-8-4-3-5-9-14)18-17(19)12-21-16-11-7-6-10-15(16)20-2/h3-11,13H,12H2,1-2H3,(H,18,19). The second-order valence-electron chi connectivity index (χ2n) is 4.64. The van der Waals surface area contributed by atoms with E-state index in [-0.39, 0.29) is 11.9 Å². The Balaban J connectivity index is 1.88. The molecule has 0 aliphatic heterocycles. The first-order valence-electron chi connectivity index (χ1n) is 6.81. The van der Waals surface area contributed by atoms with Gasteiger partial charge in [-0.05, 0) is 24.6 Å². The van der Waals surface area contributed by atoms with Crippen LogP contribution in [0, 0.1) is 0 Å². The first-order valence-corrected chi connectivity index (χ1v) is 7.79. The third-order valence-electron chi connectivity index (χ3n) is 3.10. The summed E-state index contributed by atoms with van der Waals surface area (Å²) in [5, 5.41) is 3.00. The molecule has 0 heterocycles. The zero-order valence-corrected chi connectivity index (χ0v) is 13.0. The summed E-state index contributed by atoms with van der Waals surface area (Å²) in [5.41, 5.74) is 1.10. The fourth-order valence-electron chi connectivity index (χ4n) is 1.99. The maximum absolute atomic E-state index is 12.0. The van der Waals surface area contributed by atoms with Gasteiger partial charge in [-0.15, -0.1) is 11.8 Å². The lowest BCUT2D eigenvalue weighted by Gasteiger charge is -2.14. The molecule has 2 aromatic carbocycles. The van der Waals surface area contributed by atoms with Crippen LogP contribution in [0.15, 0.2) is 59.5 Å². The van der Waals surface area contributed by atoms with Crippen LogP contribution in [0.2, 0.25) is 0 Å². The van der Waals surface area contributed by atoms with Crippen molar-refractivity contribution in [3.63, 3.8) is 0 Å². The molecule has 0 fully saturated rings. The van der Waals surface area contributed by atoms with Crippen molar-refractivity contribution in [2.75, 3.05) is 12.9 Å². The number of nitrogens with one attached hydrogen (secondary N) is 1. The molecule has 0 aliphatic carbocycles. The quantitative estimate of drug-likeness (QED) is 0.827. The molecule has 0 spiro atoms. The van der Waals surface area contributed by atoms with E-state index < -0.39 is 0 Å². The molecular weight excluding hydrogens is 282 g/mol. The molecule has 2 aromatic rings. The van der Waals surface area contributed by atoms with Crippen molar-refractivity contribution in [3.8, 4) is 5.75 Å². The molecule has 21 heavy (non-hydrogen) atoms. The number of carbonyl (C=O) groups excluding carboxylic acids is 1. The summed E-state index contributed by atoms with van der Waals surface area (Å²) in [4.78, 5) is 13.0. The van der Waals surface area contributed by atoms with Crippen LogP contribution in [-0.2, 0) is 4.79 Å². The lowest BCUT2D eigenvalue weighted by atomic mass is 10.1. The number of methoxy groups -OCH3 is 1. The monoisotopic (exact) mass is 301 g/mol. The zero-order valence-electron chi connectivity index (χ0n) is 12.2. The number of thioether (sulfide) groups is 1. The Bertz CT molecular complexity index is 586. The van der Waals surface area contributed by atoms with Crippen molar-refractivity contribution in [1.29, 1.82) is 0 Å². The Morgan fingerprint density at radius 3 is 2.52 bits per heavy atom. The Labute approximate surface area is 129 Å². The van der Waals surface area contributed by atoms with Crippen LogP contribution in [0.4, 0.5) is 0 Å². The molecule has 0 radical (unpaired) electrons. The van der Waals surface area contributed by atoms with Crippen molar-refractivity contribution >= 4 is 17.7 Å². The molecule has 0 aromatic heterocycles. The minimum absolute atomic E-state index is 0.0111. The second-order valence-corrected chi connectivity index (χ2v) is 5.66. The van der Waals surface area contributed by atoms with E-state index in [1.165, 1.54) is 11.8 Å². The molecule has 4 heteroatoms. The molecule has 0 bridgehead atoms. The van der Waals surface area contributed by atoms with Gasteiger partial charge in [-0.1, -0.05) is 42.5 Å². The van der Waals surface area contributed by atoms with E-state index in [0.29, 0.717) is 5.75 Å². The van der Waals surface area contributed by atoms with Gasteiger partial charge in [0, 0.05) is 4.90 Å². The fraction of sp³-hybridized carbons (Fsp3) is 0.235. The molecular formula is C17H19NO2S. The van der Waals surface area contributed by atoms with Crippen LogP contribution in [-0.4, -0.2) is 18.8 Å². The molecule has 1 amide bonds. The van der Waals surface area contributed by atoms with Gasteiger partial charge >= 0.3 is 0 Å². The minimum atomic E-state index is 0.0111. The van der Waals surface area contributed by atoms with E-state index >= 15 is 0 Å². The van der Waals surface area contributed by atoms with E-state index in [2.05, 4.69) is 5.32 Å². The first kappa shape index (κ1) is 15.4. The normalized spacial score (nSPS) is 11.7. The van der Waals surface area contributed by atoms with E-state index in [9.17, 15) is 4.79 Å². The molecule has 3 nitrogen and oxygen atoms in total. The van der Waals surface area contributed by atoms with Gasteiger partial charge in [0.2, 0.25) is 5.91 Å². The van der Waals surface area contributed by atoms with Gasteiger partial charge in [0.15, 0.2) is 0 Å². The zero-order chi connectivity index (χ0) is 15.1. The predicted octanol–water partition coefficient (Wildman–Crippen LogP) is 3.66. The number of para-hydroxylation sites is 1. The summed E-state index contributed by atoms with van der Waals surface area (Å²) in [6, 6.07) is 17.7. The minimum Gasteiger partial charge on any atom is -0.496 e. The number of hydrogen-bond acceptors (Lipinski definition) is 3. The van der Waals surface area contributed by atoms with Crippen LogP contribution in [0.25, 0.3) is 0 Å². The molecule has 2 rings (SSSR count). The third kappa shape index (κ3) is 4.53. The highest BCUT2D eigenvalue weighted by Gasteiger charge is 2.10. The lowest BCUT2D eigenvalue weighted by molar-refractivity contribution is -0.119. The van der Waals surface area contributed by atoms with Crippen molar-refractivity contribution in [1.82, 2.24) is 5.32 Å². The number of amides is 1. The Morgan fingerprint density at radius 2 is 1.81 bits per heavy atom.